The van der Waals surface area contributed by atoms with Crippen molar-refractivity contribution in [2.24, 2.45) is 0 Å². The fraction of sp³-hybridized carbons (Fsp3) is 1.00. The second kappa shape index (κ2) is 10.1. The van der Waals surface area contributed by atoms with Crippen molar-refractivity contribution in [2.75, 3.05) is 40.9 Å². The van der Waals surface area contributed by atoms with Crippen LogP contribution < -0.4 is 0 Å². The molecule has 0 atom stereocenters. The van der Waals surface area contributed by atoms with Crippen molar-refractivity contribution < 1.29 is 9.22 Å². The molecule has 0 spiro atoms. The lowest BCUT2D eigenvalue weighted by Gasteiger charge is -2.23. The Morgan fingerprint density at radius 2 is 1.31 bits per heavy atom. The molecule has 0 unspecified atom stereocenters. The fourth-order valence-corrected chi connectivity index (χ4v) is 1.73. The topological polar surface area (TPSA) is 9.23 Å². The van der Waals surface area contributed by atoms with Crippen LogP contribution in [-0.2, 0) is 4.74 Å². The van der Waals surface area contributed by atoms with Crippen molar-refractivity contribution in [3.8, 4) is 0 Å². The number of ether oxygens (including phenoxy) is 1. The maximum atomic E-state index is 5.63. The van der Waals surface area contributed by atoms with Gasteiger partial charge in [-0.15, -0.1) is 0 Å². The van der Waals surface area contributed by atoms with Gasteiger partial charge in [0.25, 0.3) is 0 Å². The standard InChI is InChI=1S/C14H32NO/c1-5-6-7-8-9-10-13-16-14-11-12-15(2,3)4/h5-14H2,1-4H3/q+1. The second-order valence-electron chi connectivity index (χ2n) is 5.75. The lowest BCUT2D eigenvalue weighted by molar-refractivity contribution is -0.870. The van der Waals surface area contributed by atoms with Crippen LogP contribution in [0.3, 0.4) is 0 Å². The summed E-state index contributed by atoms with van der Waals surface area (Å²) in [7, 11) is 6.69. The van der Waals surface area contributed by atoms with Gasteiger partial charge in [-0.3, -0.25) is 0 Å². The van der Waals surface area contributed by atoms with Crippen LogP contribution in [0.2, 0.25) is 0 Å². The van der Waals surface area contributed by atoms with E-state index in [0.29, 0.717) is 0 Å². The normalized spacial score (nSPS) is 12.0. The first-order chi connectivity index (χ1) is 7.56. The van der Waals surface area contributed by atoms with Gasteiger partial charge < -0.3 is 9.22 Å². The highest BCUT2D eigenvalue weighted by molar-refractivity contribution is 4.43. The van der Waals surface area contributed by atoms with Crippen LogP contribution in [-0.4, -0.2) is 45.4 Å². The van der Waals surface area contributed by atoms with E-state index in [4.69, 9.17) is 4.74 Å². The summed E-state index contributed by atoms with van der Waals surface area (Å²) < 4.78 is 6.67. The first kappa shape index (κ1) is 15.9. The Bertz CT molecular complexity index is 140. The number of hydrogen-bond acceptors (Lipinski definition) is 1. The number of unbranched alkanes of at least 4 members (excludes halogenated alkanes) is 5. The Morgan fingerprint density at radius 1 is 0.750 bits per heavy atom. The molecular weight excluding hydrogens is 198 g/mol. The van der Waals surface area contributed by atoms with Crippen LogP contribution in [0.15, 0.2) is 0 Å². The summed E-state index contributed by atoms with van der Waals surface area (Å²) in [6.07, 6.45) is 9.28. The fourth-order valence-electron chi connectivity index (χ4n) is 1.73. The van der Waals surface area contributed by atoms with E-state index < -0.39 is 0 Å². The summed E-state index contributed by atoms with van der Waals surface area (Å²) >= 11 is 0. The molecule has 0 rings (SSSR count). The van der Waals surface area contributed by atoms with Crippen molar-refractivity contribution in [1.82, 2.24) is 0 Å². The van der Waals surface area contributed by atoms with Crippen LogP contribution in [0.1, 0.15) is 51.9 Å². The van der Waals surface area contributed by atoms with Crippen molar-refractivity contribution in [1.29, 1.82) is 0 Å². The smallest absolute Gasteiger partial charge is 0.0802 e. The zero-order valence-corrected chi connectivity index (χ0v) is 11.9. The molecule has 0 amide bonds. The molecular formula is C14H32NO+. The van der Waals surface area contributed by atoms with Gasteiger partial charge in [0.05, 0.1) is 34.3 Å². The largest absolute Gasteiger partial charge is 0.381 e. The van der Waals surface area contributed by atoms with Gasteiger partial charge >= 0.3 is 0 Å². The van der Waals surface area contributed by atoms with E-state index in [1.165, 1.54) is 51.5 Å². The van der Waals surface area contributed by atoms with Crippen LogP contribution in [0.25, 0.3) is 0 Å². The molecule has 0 aliphatic rings. The SMILES string of the molecule is CCCCCCCCOCCC[N+](C)(C)C. The predicted octanol–water partition coefficient (Wildman–Crippen LogP) is 3.46. The molecule has 2 nitrogen and oxygen atoms in total. The summed E-state index contributed by atoms with van der Waals surface area (Å²) in [6, 6.07) is 0. The highest BCUT2D eigenvalue weighted by atomic mass is 16.5. The Morgan fingerprint density at radius 3 is 1.94 bits per heavy atom. The molecule has 0 aliphatic heterocycles. The van der Waals surface area contributed by atoms with Gasteiger partial charge in [-0.25, -0.2) is 0 Å². The Kier molecular flexibility index (Phi) is 10.0. The minimum absolute atomic E-state index is 0.935. The lowest BCUT2D eigenvalue weighted by Crippen LogP contribution is -2.35. The van der Waals surface area contributed by atoms with Crippen molar-refractivity contribution in [3.63, 3.8) is 0 Å². The molecule has 0 saturated carbocycles. The summed E-state index contributed by atoms with van der Waals surface area (Å²) in [5.41, 5.74) is 0. The van der Waals surface area contributed by atoms with Gasteiger partial charge in [0, 0.05) is 13.0 Å². The predicted molar refractivity (Wildman–Crippen MR) is 71.7 cm³/mol. The third kappa shape index (κ3) is 13.9. The minimum atomic E-state index is 0.935. The average molecular weight is 230 g/mol. The molecule has 0 heterocycles. The van der Waals surface area contributed by atoms with Crippen molar-refractivity contribution in [3.05, 3.63) is 0 Å². The lowest BCUT2D eigenvalue weighted by atomic mass is 10.1. The zero-order chi connectivity index (χ0) is 12.3. The molecule has 0 fully saturated rings. The first-order valence-corrected chi connectivity index (χ1v) is 6.94. The molecule has 0 radical (unpaired) electrons. The van der Waals surface area contributed by atoms with Crippen LogP contribution >= 0.6 is 0 Å². The van der Waals surface area contributed by atoms with E-state index in [-0.39, 0.29) is 0 Å². The maximum absolute atomic E-state index is 5.63. The van der Waals surface area contributed by atoms with E-state index in [1.807, 2.05) is 0 Å². The Balaban J connectivity index is 2.99. The monoisotopic (exact) mass is 230 g/mol. The highest BCUT2D eigenvalue weighted by Crippen LogP contribution is 2.05. The molecule has 0 aromatic heterocycles. The number of nitrogens with zero attached hydrogens (tertiary/aromatic N) is 1. The molecule has 2 heteroatoms. The Hall–Kier alpha value is -0.0800. The molecule has 0 bridgehead atoms. The maximum Gasteiger partial charge on any atom is 0.0802 e. The van der Waals surface area contributed by atoms with Gasteiger partial charge in [0.15, 0.2) is 0 Å². The van der Waals surface area contributed by atoms with Gasteiger partial charge in [0.2, 0.25) is 0 Å². The average Bonchev–Trinajstić information content (AvgIpc) is 2.19. The van der Waals surface area contributed by atoms with Crippen molar-refractivity contribution >= 4 is 0 Å². The molecule has 0 aromatic carbocycles. The third-order valence-electron chi connectivity index (χ3n) is 2.76. The van der Waals surface area contributed by atoms with Crippen LogP contribution in [0.4, 0.5) is 0 Å². The molecule has 98 valence electrons. The minimum Gasteiger partial charge on any atom is -0.381 e. The second-order valence-corrected chi connectivity index (χ2v) is 5.75. The van der Waals surface area contributed by atoms with Gasteiger partial charge in [-0.05, 0) is 6.42 Å². The van der Waals surface area contributed by atoms with E-state index in [0.717, 1.165) is 17.7 Å². The quantitative estimate of drug-likeness (QED) is 0.390. The number of hydrogen-bond donors (Lipinski definition) is 0. The van der Waals surface area contributed by atoms with E-state index in [9.17, 15) is 0 Å². The van der Waals surface area contributed by atoms with Crippen molar-refractivity contribution in [2.45, 2.75) is 51.9 Å². The van der Waals surface area contributed by atoms with E-state index in [1.54, 1.807) is 0 Å². The summed E-state index contributed by atoms with van der Waals surface area (Å²) in [6.45, 7) is 5.36. The van der Waals surface area contributed by atoms with Crippen LogP contribution in [0, 0.1) is 0 Å². The summed E-state index contributed by atoms with van der Waals surface area (Å²) in [5, 5.41) is 0. The van der Waals surface area contributed by atoms with E-state index >= 15 is 0 Å². The molecule has 0 aromatic rings. The first-order valence-electron chi connectivity index (χ1n) is 6.94. The van der Waals surface area contributed by atoms with Gasteiger partial charge in [0.1, 0.15) is 0 Å². The zero-order valence-electron chi connectivity index (χ0n) is 11.9. The molecule has 0 aliphatic carbocycles. The van der Waals surface area contributed by atoms with Gasteiger partial charge in [-0.1, -0.05) is 39.0 Å². The van der Waals surface area contributed by atoms with E-state index in [2.05, 4.69) is 28.1 Å². The molecule has 0 saturated heterocycles. The third-order valence-corrected chi connectivity index (χ3v) is 2.76. The number of rotatable bonds is 11. The molecule has 16 heavy (non-hydrogen) atoms. The summed E-state index contributed by atoms with van der Waals surface area (Å²) in [5.74, 6) is 0. The Labute approximate surface area is 103 Å². The summed E-state index contributed by atoms with van der Waals surface area (Å²) in [4.78, 5) is 0. The van der Waals surface area contributed by atoms with Gasteiger partial charge in [-0.2, -0.15) is 0 Å². The highest BCUT2D eigenvalue weighted by Gasteiger charge is 2.04. The van der Waals surface area contributed by atoms with Crippen LogP contribution in [0.5, 0.6) is 0 Å². The number of quaternary nitrogens is 1. The molecule has 0 N–H and O–H groups in total.